The van der Waals surface area contributed by atoms with Gasteiger partial charge >= 0.3 is 5.97 Å². The summed E-state index contributed by atoms with van der Waals surface area (Å²) in [5, 5.41) is 12.8. The molecule has 2 N–H and O–H groups in total. The largest absolute Gasteiger partial charge is 0.481 e. The number of anilines is 1. The summed E-state index contributed by atoms with van der Waals surface area (Å²) in [6.07, 6.45) is 0.0567. The van der Waals surface area contributed by atoms with Crippen molar-refractivity contribution in [3.63, 3.8) is 0 Å². The summed E-state index contributed by atoms with van der Waals surface area (Å²) in [4.78, 5) is 10.6. The van der Waals surface area contributed by atoms with E-state index in [0.717, 1.165) is 27.4 Å². The number of nitrogens with one attached hydrogen (secondary N) is 1. The smallest absolute Gasteiger partial charge is 0.307 e. The first-order chi connectivity index (χ1) is 9.56. The van der Waals surface area contributed by atoms with Gasteiger partial charge in [-0.3, -0.25) is 4.79 Å². The van der Waals surface area contributed by atoms with Gasteiger partial charge in [-0.1, -0.05) is 41.9 Å². The van der Waals surface area contributed by atoms with Crippen molar-refractivity contribution < 1.29 is 9.90 Å². The summed E-state index contributed by atoms with van der Waals surface area (Å²) in [6.45, 7) is 2.65. The van der Waals surface area contributed by atoms with Gasteiger partial charge in [0.15, 0.2) is 0 Å². The van der Waals surface area contributed by atoms with Gasteiger partial charge in [-0.25, -0.2) is 0 Å². The fourth-order valence-corrected chi connectivity index (χ4v) is 2.12. The normalized spacial score (nSPS) is 10.3. The maximum Gasteiger partial charge on any atom is 0.307 e. The van der Waals surface area contributed by atoms with Crippen LogP contribution in [0, 0.1) is 6.92 Å². The zero-order valence-corrected chi connectivity index (χ0v) is 11.9. The van der Waals surface area contributed by atoms with Crippen molar-refractivity contribution >= 4 is 23.3 Å². The van der Waals surface area contributed by atoms with Gasteiger partial charge in [-0.15, -0.1) is 0 Å². The molecule has 0 heterocycles. The molecule has 20 heavy (non-hydrogen) atoms. The minimum absolute atomic E-state index is 0.0567. The second kappa shape index (κ2) is 6.44. The lowest BCUT2D eigenvalue weighted by atomic mass is 10.1. The summed E-state index contributed by atoms with van der Waals surface area (Å²) in [5.41, 5.74) is 3.93. The first-order valence-electron chi connectivity index (χ1n) is 6.35. The van der Waals surface area contributed by atoms with Crippen molar-refractivity contribution in [3.05, 3.63) is 64.2 Å². The second-order valence-electron chi connectivity index (χ2n) is 4.65. The fraction of sp³-hybridized carbons (Fsp3) is 0.188. The second-order valence-corrected chi connectivity index (χ2v) is 5.06. The zero-order valence-electron chi connectivity index (χ0n) is 11.2. The van der Waals surface area contributed by atoms with Crippen LogP contribution in [0.5, 0.6) is 0 Å². The van der Waals surface area contributed by atoms with Gasteiger partial charge in [0.2, 0.25) is 0 Å². The Morgan fingerprint density at radius 1 is 1.15 bits per heavy atom. The van der Waals surface area contributed by atoms with E-state index in [1.165, 1.54) is 0 Å². The van der Waals surface area contributed by atoms with Gasteiger partial charge in [0.1, 0.15) is 0 Å². The predicted molar refractivity (Wildman–Crippen MR) is 81.3 cm³/mol. The van der Waals surface area contributed by atoms with Crippen molar-refractivity contribution in [1.82, 2.24) is 0 Å². The molecule has 2 aromatic carbocycles. The number of rotatable bonds is 5. The zero-order chi connectivity index (χ0) is 14.5. The Morgan fingerprint density at radius 3 is 2.45 bits per heavy atom. The molecule has 0 fully saturated rings. The summed E-state index contributed by atoms with van der Waals surface area (Å²) >= 11 is 6.07. The molecule has 0 amide bonds. The van der Waals surface area contributed by atoms with E-state index in [1.807, 2.05) is 49.4 Å². The Labute approximate surface area is 123 Å². The lowest BCUT2D eigenvalue weighted by molar-refractivity contribution is -0.136. The summed E-state index contributed by atoms with van der Waals surface area (Å²) in [7, 11) is 0. The average molecular weight is 290 g/mol. The number of carbonyl (C=O) groups is 1. The van der Waals surface area contributed by atoms with E-state index >= 15 is 0 Å². The number of hydrogen-bond acceptors (Lipinski definition) is 2. The van der Waals surface area contributed by atoms with Crippen molar-refractivity contribution in [2.45, 2.75) is 19.9 Å². The molecule has 2 rings (SSSR count). The van der Waals surface area contributed by atoms with Gasteiger partial charge in [0.05, 0.1) is 6.42 Å². The minimum Gasteiger partial charge on any atom is -0.481 e. The van der Waals surface area contributed by atoms with Gasteiger partial charge < -0.3 is 10.4 Å². The predicted octanol–water partition coefficient (Wildman–Crippen LogP) is 3.89. The Hall–Kier alpha value is -2.00. The van der Waals surface area contributed by atoms with E-state index in [1.54, 1.807) is 0 Å². The van der Waals surface area contributed by atoms with Gasteiger partial charge in [0.25, 0.3) is 0 Å². The average Bonchev–Trinajstić information content (AvgIpc) is 2.41. The van der Waals surface area contributed by atoms with Crippen LogP contribution in [0.25, 0.3) is 0 Å². The number of benzene rings is 2. The molecule has 0 saturated heterocycles. The van der Waals surface area contributed by atoms with Crippen LogP contribution in [-0.4, -0.2) is 11.1 Å². The van der Waals surface area contributed by atoms with Crippen LogP contribution in [0.2, 0.25) is 5.02 Å². The third-order valence-corrected chi connectivity index (χ3v) is 3.54. The van der Waals surface area contributed by atoms with Crippen LogP contribution in [0.4, 0.5) is 5.69 Å². The molecule has 0 radical (unpaired) electrons. The Morgan fingerprint density at radius 2 is 1.80 bits per heavy atom. The van der Waals surface area contributed by atoms with Crippen LogP contribution in [0.1, 0.15) is 16.7 Å². The Kier molecular flexibility index (Phi) is 4.64. The molecule has 0 aliphatic carbocycles. The van der Waals surface area contributed by atoms with E-state index in [9.17, 15) is 4.79 Å². The number of carboxylic acid groups (broad SMARTS) is 1. The van der Waals surface area contributed by atoms with Crippen molar-refractivity contribution in [2.24, 2.45) is 0 Å². The summed E-state index contributed by atoms with van der Waals surface area (Å²) in [5.74, 6) is -0.814. The number of carboxylic acids is 1. The van der Waals surface area contributed by atoms with Crippen molar-refractivity contribution in [3.8, 4) is 0 Å². The molecular formula is C16H16ClNO2. The van der Waals surface area contributed by atoms with Gasteiger partial charge in [-0.2, -0.15) is 0 Å². The monoisotopic (exact) mass is 289 g/mol. The lowest BCUT2D eigenvalue weighted by Gasteiger charge is -2.11. The standard InChI is InChI=1S/C16H16ClNO2/c1-11-14(17)3-2-4-15(11)18-10-13-7-5-12(6-8-13)9-16(19)20/h2-8,18H,9-10H2,1H3,(H,19,20). The molecule has 0 saturated carbocycles. The molecule has 0 unspecified atom stereocenters. The van der Waals surface area contributed by atoms with E-state index in [0.29, 0.717) is 6.54 Å². The molecule has 0 aromatic heterocycles. The molecule has 2 aromatic rings. The molecular weight excluding hydrogens is 274 g/mol. The van der Waals surface area contributed by atoms with Crippen molar-refractivity contribution in [2.75, 3.05) is 5.32 Å². The fourth-order valence-electron chi connectivity index (χ4n) is 1.95. The highest BCUT2D eigenvalue weighted by molar-refractivity contribution is 6.31. The molecule has 3 nitrogen and oxygen atoms in total. The van der Waals surface area contributed by atoms with E-state index in [-0.39, 0.29) is 6.42 Å². The molecule has 4 heteroatoms. The van der Waals surface area contributed by atoms with E-state index in [2.05, 4.69) is 5.32 Å². The Bertz CT molecular complexity index is 608. The quantitative estimate of drug-likeness (QED) is 0.878. The maximum absolute atomic E-state index is 10.6. The highest BCUT2D eigenvalue weighted by atomic mass is 35.5. The molecule has 0 aliphatic rings. The highest BCUT2D eigenvalue weighted by Gasteiger charge is 2.03. The summed E-state index contributed by atoms with van der Waals surface area (Å²) < 4.78 is 0. The first kappa shape index (κ1) is 14.4. The van der Waals surface area contributed by atoms with Crippen LogP contribution in [0.15, 0.2) is 42.5 Å². The van der Waals surface area contributed by atoms with Crippen LogP contribution in [0.3, 0.4) is 0 Å². The number of hydrogen-bond donors (Lipinski definition) is 2. The third-order valence-electron chi connectivity index (χ3n) is 3.13. The van der Waals surface area contributed by atoms with Crippen molar-refractivity contribution in [1.29, 1.82) is 0 Å². The first-order valence-corrected chi connectivity index (χ1v) is 6.72. The Balaban J connectivity index is 2.00. The molecule has 0 spiro atoms. The topological polar surface area (TPSA) is 49.3 Å². The highest BCUT2D eigenvalue weighted by Crippen LogP contribution is 2.23. The SMILES string of the molecule is Cc1c(Cl)cccc1NCc1ccc(CC(=O)O)cc1. The van der Waals surface area contributed by atoms with E-state index in [4.69, 9.17) is 16.7 Å². The molecule has 0 bridgehead atoms. The summed E-state index contributed by atoms with van der Waals surface area (Å²) in [6, 6.07) is 13.3. The van der Waals surface area contributed by atoms with Gasteiger partial charge in [0, 0.05) is 17.3 Å². The maximum atomic E-state index is 10.6. The van der Waals surface area contributed by atoms with E-state index < -0.39 is 5.97 Å². The molecule has 0 atom stereocenters. The minimum atomic E-state index is -0.814. The molecule has 104 valence electrons. The third kappa shape index (κ3) is 3.75. The van der Waals surface area contributed by atoms with Crippen LogP contribution in [-0.2, 0) is 17.8 Å². The van der Waals surface area contributed by atoms with Crippen LogP contribution >= 0.6 is 11.6 Å². The number of aliphatic carboxylic acids is 1. The van der Waals surface area contributed by atoms with Gasteiger partial charge in [-0.05, 0) is 35.7 Å². The van der Waals surface area contributed by atoms with Crippen LogP contribution < -0.4 is 5.32 Å². The lowest BCUT2D eigenvalue weighted by Crippen LogP contribution is -2.03. The molecule has 0 aliphatic heterocycles. The number of halogens is 1.